The maximum absolute atomic E-state index is 11.0. The summed E-state index contributed by atoms with van der Waals surface area (Å²) in [5, 5.41) is 13.2. The Kier molecular flexibility index (Phi) is 2.15. The van der Waals surface area contributed by atoms with Crippen LogP contribution in [0.2, 0.25) is 0 Å². The van der Waals surface area contributed by atoms with Crippen molar-refractivity contribution in [2.75, 3.05) is 6.54 Å². The molecule has 0 bridgehead atoms. The predicted molar refractivity (Wildman–Crippen MR) is 36.8 cm³/mol. The lowest BCUT2D eigenvalue weighted by Crippen LogP contribution is -2.21. The molecule has 1 aromatic rings. The van der Waals surface area contributed by atoms with E-state index in [-0.39, 0.29) is 11.5 Å². The van der Waals surface area contributed by atoms with Crippen molar-refractivity contribution < 1.29 is 14.3 Å². The SMILES string of the molecule is CCNC(=O)c1ccoc1[O]. The molecule has 1 amide bonds. The molecule has 0 fully saturated rings. The second-order valence-corrected chi connectivity index (χ2v) is 1.98. The molecule has 0 spiro atoms. The Bertz CT molecular complexity index is 254. The summed E-state index contributed by atoms with van der Waals surface area (Å²) in [5.41, 5.74) is 0.0619. The number of carbonyl (C=O) groups excluding carboxylic acids is 1. The molecule has 1 N–H and O–H groups in total. The van der Waals surface area contributed by atoms with Gasteiger partial charge in [0.2, 0.25) is 0 Å². The van der Waals surface area contributed by atoms with Crippen LogP contribution in [0, 0.1) is 0 Å². The Morgan fingerprint density at radius 3 is 2.91 bits per heavy atom. The third-order valence-corrected chi connectivity index (χ3v) is 1.21. The van der Waals surface area contributed by atoms with Crippen molar-refractivity contribution >= 4 is 5.91 Å². The zero-order valence-corrected chi connectivity index (χ0v) is 6.09. The largest absolute Gasteiger partial charge is 0.431 e. The minimum Gasteiger partial charge on any atom is -0.431 e. The van der Waals surface area contributed by atoms with Gasteiger partial charge in [0.25, 0.3) is 5.91 Å². The van der Waals surface area contributed by atoms with Crippen LogP contribution in [-0.4, -0.2) is 12.5 Å². The van der Waals surface area contributed by atoms with Crippen molar-refractivity contribution in [2.45, 2.75) is 6.92 Å². The topological polar surface area (TPSA) is 62.1 Å². The van der Waals surface area contributed by atoms with Crippen LogP contribution in [0.5, 0.6) is 5.95 Å². The quantitative estimate of drug-likeness (QED) is 0.695. The van der Waals surface area contributed by atoms with Crippen LogP contribution in [0.3, 0.4) is 0 Å². The highest BCUT2D eigenvalue weighted by Crippen LogP contribution is 2.17. The Labute approximate surface area is 63.8 Å². The molecule has 4 nitrogen and oxygen atoms in total. The third-order valence-electron chi connectivity index (χ3n) is 1.21. The van der Waals surface area contributed by atoms with Gasteiger partial charge in [-0.25, -0.2) is 5.11 Å². The normalized spacial score (nSPS) is 9.55. The molecule has 1 heterocycles. The lowest BCUT2D eigenvalue weighted by atomic mass is 10.3. The first-order valence-electron chi connectivity index (χ1n) is 3.28. The van der Waals surface area contributed by atoms with Gasteiger partial charge in [-0.15, -0.1) is 0 Å². The van der Waals surface area contributed by atoms with Crippen molar-refractivity contribution in [1.82, 2.24) is 5.32 Å². The zero-order valence-electron chi connectivity index (χ0n) is 6.09. The molecule has 0 unspecified atom stereocenters. The first-order valence-corrected chi connectivity index (χ1v) is 3.28. The molecule has 0 saturated heterocycles. The zero-order chi connectivity index (χ0) is 8.27. The van der Waals surface area contributed by atoms with Crippen LogP contribution in [0.4, 0.5) is 0 Å². The molecular formula is C7H8NO3. The highest BCUT2D eigenvalue weighted by Gasteiger charge is 2.13. The van der Waals surface area contributed by atoms with E-state index in [2.05, 4.69) is 9.73 Å². The summed E-state index contributed by atoms with van der Waals surface area (Å²) in [6, 6.07) is 1.35. The van der Waals surface area contributed by atoms with Gasteiger partial charge in [-0.2, -0.15) is 0 Å². The van der Waals surface area contributed by atoms with E-state index in [0.717, 1.165) is 0 Å². The van der Waals surface area contributed by atoms with E-state index in [1.807, 2.05) is 0 Å². The van der Waals surface area contributed by atoms with E-state index >= 15 is 0 Å². The fraction of sp³-hybridized carbons (Fsp3) is 0.286. The molecule has 0 saturated carbocycles. The molecule has 59 valence electrons. The van der Waals surface area contributed by atoms with Gasteiger partial charge in [0.05, 0.1) is 6.26 Å². The van der Waals surface area contributed by atoms with Gasteiger partial charge in [-0.3, -0.25) is 4.79 Å². The molecule has 0 aliphatic carbocycles. The number of rotatable bonds is 2. The maximum Gasteiger partial charge on any atom is 0.348 e. The van der Waals surface area contributed by atoms with Gasteiger partial charge < -0.3 is 9.73 Å². The van der Waals surface area contributed by atoms with E-state index in [1.54, 1.807) is 6.92 Å². The molecule has 0 aromatic carbocycles. The van der Waals surface area contributed by atoms with E-state index in [0.29, 0.717) is 6.54 Å². The van der Waals surface area contributed by atoms with Gasteiger partial charge in [0.1, 0.15) is 5.56 Å². The Hall–Kier alpha value is -1.45. The van der Waals surface area contributed by atoms with Crippen molar-refractivity contribution in [2.24, 2.45) is 0 Å². The van der Waals surface area contributed by atoms with Gasteiger partial charge >= 0.3 is 5.95 Å². The summed E-state index contributed by atoms with van der Waals surface area (Å²) < 4.78 is 4.42. The third kappa shape index (κ3) is 1.52. The highest BCUT2D eigenvalue weighted by atomic mass is 16.5. The van der Waals surface area contributed by atoms with Gasteiger partial charge in [-0.1, -0.05) is 0 Å². The molecular weight excluding hydrogens is 146 g/mol. The molecule has 1 aromatic heterocycles. The first kappa shape index (κ1) is 7.65. The Balaban J connectivity index is 2.76. The summed E-state index contributed by atoms with van der Waals surface area (Å²) in [5.74, 6) is -0.970. The lowest BCUT2D eigenvalue weighted by Gasteiger charge is -1.95. The van der Waals surface area contributed by atoms with Crippen LogP contribution in [-0.2, 0) is 5.11 Å². The van der Waals surface area contributed by atoms with E-state index in [1.165, 1.54) is 12.3 Å². The number of furan rings is 1. The highest BCUT2D eigenvalue weighted by molar-refractivity contribution is 5.95. The second kappa shape index (κ2) is 3.09. The summed E-state index contributed by atoms with van der Waals surface area (Å²) in [6.45, 7) is 2.28. The number of carbonyl (C=O) groups is 1. The maximum atomic E-state index is 11.0. The van der Waals surface area contributed by atoms with E-state index in [4.69, 9.17) is 0 Å². The monoisotopic (exact) mass is 154 g/mol. The minimum atomic E-state index is -0.587. The Morgan fingerprint density at radius 1 is 1.73 bits per heavy atom. The van der Waals surface area contributed by atoms with Crippen molar-refractivity contribution in [3.05, 3.63) is 17.9 Å². The summed E-state index contributed by atoms with van der Waals surface area (Å²) in [6.07, 6.45) is 1.20. The summed E-state index contributed by atoms with van der Waals surface area (Å²) in [4.78, 5) is 11.0. The molecule has 11 heavy (non-hydrogen) atoms. The number of amides is 1. The summed E-state index contributed by atoms with van der Waals surface area (Å²) in [7, 11) is 0. The fourth-order valence-corrected chi connectivity index (χ4v) is 0.720. The first-order chi connectivity index (χ1) is 5.25. The van der Waals surface area contributed by atoms with Crippen LogP contribution in [0.15, 0.2) is 16.7 Å². The van der Waals surface area contributed by atoms with Crippen LogP contribution < -0.4 is 5.32 Å². The molecule has 0 aliphatic heterocycles. The standard InChI is InChI=1S/C7H8NO3/c1-2-8-6(9)5-3-4-11-7(5)10/h3-4H,2H2,1H3,(H,8,9). The molecule has 4 heteroatoms. The van der Waals surface area contributed by atoms with E-state index < -0.39 is 5.95 Å². The average molecular weight is 154 g/mol. The number of nitrogens with one attached hydrogen (secondary N) is 1. The molecule has 0 aliphatic rings. The molecule has 1 radical (unpaired) electrons. The smallest absolute Gasteiger partial charge is 0.348 e. The van der Waals surface area contributed by atoms with Crippen molar-refractivity contribution in [1.29, 1.82) is 0 Å². The van der Waals surface area contributed by atoms with Gasteiger partial charge in [0.15, 0.2) is 0 Å². The fourth-order valence-electron chi connectivity index (χ4n) is 0.720. The van der Waals surface area contributed by atoms with Crippen molar-refractivity contribution in [3.63, 3.8) is 0 Å². The average Bonchev–Trinajstić information content (AvgIpc) is 2.36. The van der Waals surface area contributed by atoms with Crippen LogP contribution in [0.25, 0.3) is 0 Å². The lowest BCUT2D eigenvalue weighted by molar-refractivity contribution is 0.0947. The molecule has 1 rings (SSSR count). The van der Waals surface area contributed by atoms with E-state index in [9.17, 15) is 9.90 Å². The predicted octanol–water partition coefficient (Wildman–Crippen LogP) is 1.17. The Morgan fingerprint density at radius 2 is 2.45 bits per heavy atom. The second-order valence-electron chi connectivity index (χ2n) is 1.98. The molecule has 0 atom stereocenters. The minimum absolute atomic E-state index is 0.0619. The van der Waals surface area contributed by atoms with Crippen molar-refractivity contribution in [3.8, 4) is 5.95 Å². The van der Waals surface area contributed by atoms with Crippen LogP contribution in [0.1, 0.15) is 17.3 Å². The van der Waals surface area contributed by atoms with Gasteiger partial charge in [-0.05, 0) is 13.0 Å². The number of hydrogen-bond acceptors (Lipinski definition) is 2. The van der Waals surface area contributed by atoms with Gasteiger partial charge in [0, 0.05) is 6.54 Å². The number of hydrogen-bond donors (Lipinski definition) is 1. The summed E-state index contributed by atoms with van der Waals surface area (Å²) >= 11 is 0. The van der Waals surface area contributed by atoms with Crippen LogP contribution >= 0.6 is 0 Å².